The SMILES string of the molecule is Cc1cc2c3c(c1)N(c1cccc4c1Cc1ccccc1-4)c1cc4c(cc1C3C1=C(c3cc(C(C)(C)C)ccc3C1)N2c1ccc2c(c1)C(C)(C)CCC2(C)C)C(C)(C)c1ccccc1O4. The van der Waals surface area contributed by atoms with Crippen LogP contribution in [-0.2, 0) is 34.5 Å². The summed E-state index contributed by atoms with van der Waals surface area (Å²) < 4.78 is 7.01. The summed E-state index contributed by atoms with van der Waals surface area (Å²) >= 11 is 0. The molecule has 3 aliphatic carbocycles. The van der Waals surface area contributed by atoms with Gasteiger partial charge in [-0.3, -0.25) is 0 Å². The van der Waals surface area contributed by atoms with Crippen LogP contribution in [0.4, 0.5) is 28.4 Å². The molecular formula is C63H60N2O. The van der Waals surface area contributed by atoms with Crippen molar-refractivity contribution >= 4 is 34.1 Å². The van der Waals surface area contributed by atoms with Gasteiger partial charge in [-0.15, -0.1) is 0 Å². The Balaban J connectivity index is 1.13. The molecule has 7 aromatic carbocycles. The molecule has 3 nitrogen and oxygen atoms in total. The Morgan fingerprint density at radius 2 is 1.26 bits per heavy atom. The van der Waals surface area contributed by atoms with E-state index in [1.54, 1.807) is 0 Å². The zero-order valence-electron chi connectivity index (χ0n) is 40.3. The van der Waals surface area contributed by atoms with E-state index in [9.17, 15) is 0 Å². The predicted molar refractivity (Wildman–Crippen MR) is 274 cm³/mol. The molecule has 7 aromatic rings. The minimum absolute atomic E-state index is 0.00934. The maximum absolute atomic E-state index is 7.01. The number of benzene rings is 7. The Morgan fingerprint density at radius 3 is 2.06 bits per heavy atom. The molecule has 3 heteroatoms. The van der Waals surface area contributed by atoms with Crippen LogP contribution in [0.2, 0.25) is 0 Å². The molecular weight excluding hydrogens is 801 g/mol. The molecule has 0 spiro atoms. The second kappa shape index (κ2) is 13.2. The molecule has 1 atom stereocenters. The van der Waals surface area contributed by atoms with Crippen molar-refractivity contribution in [3.05, 3.63) is 200 Å². The number of aryl methyl sites for hydroxylation is 1. The van der Waals surface area contributed by atoms with Crippen LogP contribution in [0, 0.1) is 6.92 Å². The Kier molecular flexibility index (Phi) is 7.99. The van der Waals surface area contributed by atoms with Crippen molar-refractivity contribution in [3.63, 3.8) is 0 Å². The van der Waals surface area contributed by atoms with E-state index >= 15 is 0 Å². The van der Waals surface area contributed by atoms with Crippen LogP contribution in [0.5, 0.6) is 11.5 Å². The third-order valence-corrected chi connectivity index (χ3v) is 16.8. The highest BCUT2D eigenvalue weighted by Crippen LogP contribution is 2.65. The van der Waals surface area contributed by atoms with Gasteiger partial charge in [0, 0.05) is 51.8 Å². The van der Waals surface area contributed by atoms with E-state index in [2.05, 4.69) is 206 Å². The fourth-order valence-electron chi connectivity index (χ4n) is 13.1. The van der Waals surface area contributed by atoms with Crippen molar-refractivity contribution in [3.8, 4) is 22.6 Å². The van der Waals surface area contributed by atoms with Gasteiger partial charge in [0.2, 0.25) is 0 Å². The average molecular weight is 861 g/mol. The Bertz CT molecular complexity index is 3330. The van der Waals surface area contributed by atoms with E-state index in [-0.39, 0.29) is 27.6 Å². The van der Waals surface area contributed by atoms with Crippen molar-refractivity contribution in [1.82, 2.24) is 0 Å². The number of anilines is 5. The van der Waals surface area contributed by atoms with E-state index < -0.39 is 0 Å². The number of para-hydroxylation sites is 1. The summed E-state index contributed by atoms with van der Waals surface area (Å²) in [6.45, 7) is 24.0. The maximum Gasteiger partial charge on any atom is 0.133 e. The molecule has 3 aliphatic heterocycles. The topological polar surface area (TPSA) is 15.7 Å². The van der Waals surface area contributed by atoms with Crippen LogP contribution in [-0.4, -0.2) is 0 Å². The quantitative estimate of drug-likeness (QED) is 0.172. The van der Waals surface area contributed by atoms with Crippen molar-refractivity contribution in [1.29, 1.82) is 0 Å². The molecule has 0 aromatic heterocycles. The van der Waals surface area contributed by atoms with Gasteiger partial charge in [-0.2, -0.15) is 0 Å². The maximum atomic E-state index is 7.01. The highest BCUT2D eigenvalue weighted by atomic mass is 16.5. The summed E-state index contributed by atoms with van der Waals surface area (Å²) in [4.78, 5) is 5.35. The lowest BCUT2D eigenvalue weighted by molar-refractivity contribution is 0.332. The summed E-state index contributed by atoms with van der Waals surface area (Å²) in [5.41, 5.74) is 28.2. The van der Waals surface area contributed by atoms with Crippen LogP contribution in [0.25, 0.3) is 16.8 Å². The van der Waals surface area contributed by atoms with Gasteiger partial charge >= 0.3 is 0 Å². The number of hydrogen-bond acceptors (Lipinski definition) is 3. The van der Waals surface area contributed by atoms with Crippen LogP contribution in [0.1, 0.15) is 148 Å². The normalized spacial score (nSPS) is 19.3. The molecule has 0 N–H and O–H groups in total. The molecule has 0 saturated heterocycles. The van der Waals surface area contributed by atoms with Gasteiger partial charge in [-0.1, -0.05) is 135 Å². The summed E-state index contributed by atoms with van der Waals surface area (Å²) in [6.07, 6.45) is 4.18. The van der Waals surface area contributed by atoms with E-state index in [1.807, 2.05) is 0 Å². The van der Waals surface area contributed by atoms with Crippen molar-refractivity contribution in [2.75, 3.05) is 9.80 Å². The van der Waals surface area contributed by atoms with E-state index in [0.717, 1.165) is 24.3 Å². The van der Waals surface area contributed by atoms with Gasteiger partial charge in [-0.25, -0.2) is 0 Å². The molecule has 0 fully saturated rings. The largest absolute Gasteiger partial charge is 0.457 e. The van der Waals surface area contributed by atoms with Crippen molar-refractivity contribution in [2.24, 2.45) is 0 Å². The zero-order valence-corrected chi connectivity index (χ0v) is 40.3. The minimum Gasteiger partial charge on any atom is -0.457 e. The molecule has 0 saturated carbocycles. The molecule has 6 aliphatic rings. The number of nitrogens with zero attached hydrogens (tertiary/aromatic N) is 2. The van der Waals surface area contributed by atoms with Crippen LogP contribution in [0.3, 0.4) is 0 Å². The van der Waals surface area contributed by atoms with Crippen LogP contribution in [0.15, 0.2) is 133 Å². The number of hydrogen-bond donors (Lipinski definition) is 0. The summed E-state index contributed by atoms with van der Waals surface area (Å²) in [6, 6.07) is 49.5. The van der Waals surface area contributed by atoms with Gasteiger partial charge in [0.1, 0.15) is 11.5 Å². The lowest BCUT2D eigenvalue weighted by Crippen LogP contribution is -2.35. The van der Waals surface area contributed by atoms with Crippen LogP contribution < -0.4 is 14.5 Å². The molecule has 1 unspecified atom stereocenters. The monoisotopic (exact) mass is 860 g/mol. The van der Waals surface area contributed by atoms with Gasteiger partial charge in [0.25, 0.3) is 0 Å². The lowest BCUT2D eigenvalue weighted by atomic mass is 9.63. The first-order valence-electron chi connectivity index (χ1n) is 24.4. The first kappa shape index (κ1) is 40.0. The first-order valence-corrected chi connectivity index (χ1v) is 24.4. The van der Waals surface area contributed by atoms with Crippen LogP contribution >= 0.6 is 0 Å². The van der Waals surface area contributed by atoms with E-state index in [4.69, 9.17) is 4.74 Å². The molecule has 13 rings (SSSR count). The molecule has 328 valence electrons. The Hall–Kier alpha value is -6.32. The fourth-order valence-corrected chi connectivity index (χ4v) is 13.1. The fraction of sp³-hybridized carbons (Fsp3) is 0.302. The average Bonchev–Trinajstić information content (AvgIpc) is 3.86. The number of rotatable bonds is 2. The Labute approximate surface area is 391 Å². The van der Waals surface area contributed by atoms with E-state index in [0.29, 0.717) is 0 Å². The second-order valence-corrected chi connectivity index (χ2v) is 23.3. The summed E-state index contributed by atoms with van der Waals surface area (Å²) in [5.74, 6) is 1.94. The molecule has 3 heterocycles. The van der Waals surface area contributed by atoms with Gasteiger partial charge < -0.3 is 14.5 Å². The highest BCUT2D eigenvalue weighted by Gasteiger charge is 2.48. The molecule has 0 amide bonds. The summed E-state index contributed by atoms with van der Waals surface area (Å²) in [7, 11) is 0. The van der Waals surface area contributed by atoms with E-state index in [1.165, 1.54) is 130 Å². The Morgan fingerprint density at radius 1 is 0.545 bits per heavy atom. The second-order valence-electron chi connectivity index (χ2n) is 23.3. The van der Waals surface area contributed by atoms with Gasteiger partial charge in [0.15, 0.2) is 0 Å². The minimum atomic E-state index is -0.266. The molecule has 0 bridgehead atoms. The first-order chi connectivity index (χ1) is 31.5. The predicted octanol–water partition coefficient (Wildman–Crippen LogP) is 16.7. The number of fused-ring (bicyclic) bond motifs is 11. The number of ether oxygens (including phenoxy) is 1. The van der Waals surface area contributed by atoms with Crippen molar-refractivity contribution in [2.45, 2.75) is 122 Å². The third kappa shape index (κ3) is 5.43. The molecule has 66 heavy (non-hydrogen) atoms. The van der Waals surface area contributed by atoms with Crippen molar-refractivity contribution < 1.29 is 4.74 Å². The highest BCUT2D eigenvalue weighted by molar-refractivity contribution is 6.04. The smallest absolute Gasteiger partial charge is 0.133 e. The van der Waals surface area contributed by atoms with Gasteiger partial charge in [-0.05, 0) is 152 Å². The summed E-state index contributed by atoms with van der Waals surface area (Å²) in [5, 5.41) is 0. The standard InChI is InChI=1S/C63H60N2O/c1-36-28-53-58-54(29-36)65(51-20-15-18-42-41-17-12-11-16-37(41)30-44(42)51)52-35-56-50(63(9,10)48-19-13-14-21-55(48)66-56)34-45(52)57(58)46-31-38-22-23-39(60(2,3)4)32-43(38)59(46)64(53)40-24-25-47-49(33-40)62(7,8)27-26-61(47,5)6/h11-25,28-29,32-35,57H,26-27,30-31H2,1-10H3. The third-order valence-electron chi connectivity index (χ3n) is 16.8. The molecule has 0 radical (unpaired) electrons. The van der Waals surface area contributed by atoms with Gasteiger partial charge in [0.05, 0.1) is 28.4 Å². The zero-order chi connectivity index (χ0) is 45.4. The number of allylic oxidation sites excluding steroid dienone is 1. The lowest BCUT2D eigenvalue weighted by Gasteiger charge is -2.47.